The first-order valence-corrected chi connectivity index (χ1v) is 26.9. The van der Waals surface area contributed by atoms with E-state index in [0.717, 1.165) is 10.4 Å². The quantitative estimate of drug-likeness (QED) is 0.0501. The number of esters is 2. The van der Waals surface area contributed by atoms with Crippen molar-refractivity contribution in [3.8, 4) is 0 Å². The van der Waals surface area contributed by atoms with Gasteiger partial charge in [0.25, 0.3) is 8.32 Å². The highest BCUT2D eigenvalue weighted by Gasteiger charge is 2.76. The number of carbonyl (C=O) groups excluding carboxylic acids is 4. The standard InChI is InChI=1S/C58H71NO12Si/c1-35-40(68-51(64)46(61)44(36-24-16-12-17-25-36)59-52(65)70-53(2,3)4)33-58(66)49(69-50(63)37-26-18-13-19-27-37)47-56(10)34-67-41(56)32-42(57(47,11)48(62)45(60)43(35)55(58,8)9)71-72(54(5,6)7,38-28-20-14-21-29-38)39-30-22-15-23-31-39/h12-31,40-42,44-47,49,60-61,66H,32-34H2,1-11H3,(H,59,65)/t40-,41+,42-,44-,45+,46+,47+,49-,56+,57+,58+/m0/s1. The number of fused-ring (bicyclic) bond motifs is 5. The van der Waals surface area contributed by atoms with Crippen LogP contribution in [0.15, 0.2) is 132 Å². The fraction of sp³-hybridized carbons (Fsp3) is 0.483. The van der Waals surface area contributed by atoms with Gasteiger partial charge in [-0.3, -0.25) is 4.79 Å². The summed E-state index contributed by atoms with van der Waals surface area (Å²) in [6.07, 6.45) is -9.30. The molecule has 14 heteroatoms. The van der Waals surface area contributed by atoms with E-state index in [1.807, 2.05) is 43.3 Å². The number of ketones is 1. The maximum absolute atomic E-state index is 16.3. The Bertz CT molecular complexity index is 2650. The molecule has 4 N–H and O–H groups in total. The van der Waals surface area contributed by atoms with Crippen LogP contribution in [0.25, 0.3) is 0 Å². The smallest absolute Gasteiger partial charge is 0.408 e. The Morgan fingerprint density at radius 3 is 1.82 bits per heavy atom. The van der Waals surface area contributed by atoms with E-state index in [0.29, 0.717) is 5.56 Å². The summed E-state index contributed by atoms with van der Waals surface area (Å²) < 4.78 is 32.9. The molecule has 1 saturated heterocycles. The lowest BCUT2D eigenvalue weighted by Gasteiger charge is -2.69. The summed E-state index contributed by atoms with van der Waals surface area (Å²) in [5.74, 6) is -3.60. The van der Waals surface area contributed by atoms with Crippen molar-refractivity contribution < 1.29 is 57.9 Å². The van der Waals surface area contributed by atoms with Crippen LogP contribution in [0.5, 0.6) is 0 Å². The van der Waals surface area contributed by atoms with Crippen molar-refractivity contribution in [2.75, 3.05) is 6.61 Å². The molecular formula is C58H71NO12Si. The second kappa shape index (κ2) is 19.1. The monoisotopic (exact) mass is 1000 g/mol. The zero-order chi connectivity index (χ0) is 52.4. The Morgan fingerprint density at radius 2 is 1.32 bits per heavy atom. The molecule has 4 aromatic rings. The van der Waals surface area contributed by atoms with Gasteiger partial charge in [-0.05, 0) is 78.9 Å². The number of rotatable bonds is 11. The fourth-order valence-electron chi connectivity index (χ4n) is 12.6. The number of aliphatic hydroxyl groups excluding tert-OH is 2. The molecule has 4 aromatic carbocycles. The molecule has 0 aromatic heterocycles. The first kappa shape index (κ1) is 52.8. The molecule has 11 atom stereocenters. The number of carbonyl (C=O) groups is 4. The predicted molar refractivity (Wildman–Crippen MR) is 274 cm³/mol. The van der Waals surface area contributed by atoms with E-state index in [9.17, 15) is 29.7 Å². The summed E-state index contributed by atoms with van der Waals surface area (Å²) in [6, 6.07) is 35.5. The zero-order valence-electron chi connectivity index (χ0n) is 43.3. The number of alkyl carbamates (subject to hydrolysis) is 1. The Morgan fingerprint density at radius 1 is 0.792 bits per heavy atom. The maximum Gasteiger partial charge on any atom is 0.408 e. The molecule has 8 rings (SSSR count). The Balaban J connectivity index is 1.30. The third-order valence-corrected chi connectivity index (χ3v) is 21.4. The highest BCUT2D eigenvalue weighted by molar-refractivity contribution is 6.99. The van der Waals surface area contributed by atoms with Gasteiger partial charge in [0.15, 0.2) is 11.9 Å². The lowest BCUT2D eigenvalue weighted by molar-refractivity contribution is -0.312. The topological polar surface area (TPSA) is 187 Å². The number of benzene rings is 4. The van der Waals surface area contributed by atoms with Gasteiger partial charge in [0.1, 0.15) is 29.5 Å². The molecule has 2 saturated carbocycles. The minimum atomic E-state index is -3.47. The van der Waals surface area contributed by atoms with Crippen LogP contribution in [0.3, 0.4) is 0 Å². The van der Waals surface area contributed by atoms with Crippen molar-refractivity contribution in [3.63, 3.8) is 0 Å². The number of hydrogen-bond acceptors (Lipinski definition) is 12. The van der Waals surface area contributed by atoms with Crippen molar-refractivity contribution in [1.29, 1.82) is 0 Å². The van der Waals surface area contributed by atoms with Crippen molar-refractivity contribution in [1.82, 2.24) is 5.32 Å². The van der Waals surface area contributed by atoms with Crippen molar-refractivity contribution in [2.45, 2.75) is 148 Å². The average molecular weight is 1000 g/mol. The number of hydrogen-bond donors (Lipinski definition) is 4. The third kappa shape index (κ3) is 8.85. The van der Waals surface area contributed by atoms with Crippen LogP contribution in [-0.2, 0) is 33.0 Å². The van der Waals surface area contributed by atoms with E-state index in [2.05, 4.69) is 50.4 Å². The van der Waals surface area contributed by atoms with Gasteiger partial charge in [0, 0.05) is 29.6 Å². The number of ether oxygens (including phenoxy) is 4. The fourth-order valence-corrected chi connectivity index (χ4v) is 17.4. The summed E-state index contributed by atoms with van der Waals surface area (Å²) in [5.41, 5.74) is -6.28. The predicted octanol–water partition coefficient (Wildman–Crippen LogP) is 7.55. The second-order valence-electron chi connectivity index (χ2n) is 23.3. The van der Waals surface area contributed by atoms with Crippen LogP contribution in [0.4, 0.5) is 4.79 Å². The molecule has 2 bridgehead atoms. The van der Waals surface area contributed by atoms with E-state index in [-0.39, 0.29) is 36.2 Å². The van der Waals surface area contributed by atoms with Crippen LogP contribution >= 0.6 is 0 Å². The minimum absolute atomic E-state index is 0.0850. The molecule has 3 fully saturated rings. The summed E-state index contributed by atoms with van der Waals surface area (Å²) in [5, 5.41) is 43.1. The molecule has 72 heavy (non-hydrogen) atoms. The normalized spacial score (nSPS) is 29.9. The molecule has 0 unspecified atom stereocenters. The molecule has 1 heterocycles. The Hall–Kier alpha value is -5.48. The van der Waals surface area contributed by atoms with Crippen LogP contribution in [0.2, 0.25) is 5.04 Å². The maximum atomic E-state index is 16.3. The van der Waals surface area contributed by atoms with Crippen molar-refractivity contribution >= 4 is 42.5 Å². The van der Waals surface area contributed by atoms with Gasteiger partial charge in [-0.2, -0.15) is 0 Å². The molecule has 13 nitrogen and oxygen atoms in total. The minimum Gasteiger partial charge on any atom is -0.456 e. The first-order chi connectivity index (χ1) is 33.7. The SMILES string of the molecule is CC1=C2[C@@H](O)C(=O)[C@]3(C)[C@@H](O[Si](c4ccccc4)(c4ccccc4)C(C)(C)C)C[C@H]4OC[C@@]4(C)[C@H]3[C@H](OC(=O)c3ccccc3)[C@](O)(C[C@@H]1OC(=O)[C@H](O)[C@@H](NC(=O)OC(C)(C)C)c1ccccc1)C2(C)C. The van der Waals surface area contributed by atoms with Gasteiger partial charge in [-0.1, -0.05) is 151 Å². The number of amides is 1. The van der Waals surface area contributed by atoms with Gasteiger partial charge in [-0.15, -0.1) is 0 Å². The van der Waals surface area contributed by atoms with Crippen LogP contribution in [-0.4, -0.2) is 102 Å². The number of nitrogens with one attached hydrogen (secondary N) is 1. The van der Waals surface area contributed by atoms with E-state index in [1.54, 1.807) is 109 Å². The van der Waals surface area contributed by atoms with Gasteiger partial charge in [0.2, 0.25) is 0 Å². The molecule has 1 amide bonds. The molecule has 384 valence electrons. The van der Waals surface area contributed by atoms with Crippen molar-refractivity contribution in [3.05, 3.63) is 144 Å². The van der Waals surface area contributed by atoms with Crippen LogP contribution in [0, 0.1) is 22.2 Å². The molecule has 1 aliphatic heterocycles. The van der Waals surface area contributed by atoms with Gasteiger partial charge >= 0.3 is 18.0 Å². The Kier molecular flexibility index (Phi) is 14.0. The van der Waals surface area contributed by atoms with E-state index >= 15 is 4.79 Å². The van der Waals surface area contributed by atoms with Gasteiger partial charge in [-0.25, -0.2) is 14.4 Å². The highest BCUT2D eigenvalue weighted by atomic mass is 28.4. The molecule has 4 aliphatic rings. The largest absolute Gasteiger partial charge is 0.456 e. The lowest BCUT2D eigenvalue weighted by Crippen LogP contribution is -2.79. The average Bonchev–Trinajstić information content (AvgIpc) is 3.33. The molecular weight excluding hydrogens is 931 g/mol. The zero-order valence-corrected chi connectivity index (χ0v) is 44.3. The Labute approximate surface area is 424 Å². The summed E-state index contributed by atoms with van der Waals surface area (Å²) in [7, 11) is -3.47. The molecule has 3 aliphatic carbocycles. The van der Waals surface area contributed by atoms with Gasteiger partial charge in [0.05, 0.1) is 35.8 Å². The summed E-state index contributed by atoms with van der Waals surface area (Å²) >= 11 is 0. The second-order valence-corrected chi connectivity index (χ2v) is 27.5. The van der Waals surface area contributed by atoms with E-state index < -0.39 is 113 Å². The molecule has 0 spiro atoms. The van der Waals surface area contributed by atoms with E-state index in [1.165, 1.54) is 0 Å². The first-order valence-electron chi connectivity index (χ1n) is 25.0. The summed E-state index contributed by atoms with van der Waals surface area (Å²) in [4.78, 5) is 58.7. The van der Waals surface area contributed by atoms with E-state index in [4.69, 9.17) is 23.4 Å². The number of Topliss-reactive ketones (excluding diaryl/α,β-unsaturated/α-hetero) is 1. The lowest BCUT2D eigenvalue weighted by atomic mass is 9.42. The van der Waals surface area contributed by atoms with Crippen LogP contribution < -0.4 is 15.7 Å². The number of aliphatic hydroxyl groups is 3. The highest BCUT2D eigenvalue weighted by Crippen LogP contribution is 2.66. The third-order valence-electron chi connectivity index (χ3n) is 16.4. The van der Waals surface area contributed by atoms with Crippen molar-refractivity contribution in [2.24, 2.45) is 22.2 Å². The van der Waals surface area contributed by atoms with Gasteiger partial charge < -0.3 is 44.0 Å². The van der Waals surface area contributed by atoms with Crippen LogP contribution in [0.1, 0.15) is 111 Å². The summed E-state index contributed by atoms with van der Waals surface area (Å²) in [6.45, 7) is 20.4. The molecule has 0 radical (unpaired) electrons.